The molecule has 2 rings (SSSR count). The van der Waals surface area contributed by atoms with Crippen molar-refractivity contribution >= 4 is 6.08 Å². The lowest BCUT2D eigenvalue weighted by molar-refractivity contribution is 0.198. The fourth-order valence-corrected chi connectivity index (χ4v) is 1.79. The second-order valence-corrected chi connectivity index (χ2v) is 4.30. The smallest absolute Gasteiger partial charge is 0.0790 e. The zero-order valence-electron chi connectivity index (χ0n) is 10.4. The lowest BCUT2D eigenvalue weighted by Crippen LogP contribution is -2.12. The topological polar surface area (TPSA) is 33.1 Å². The maximum atomic E-state index is 10.1. The van der Waals surface area contributed by atoms with E-state index in [2.05, 4.69) is 4.98 Å². The zero-order chi connectivity index (χ0) is 12.8. The maximum Gasteiger partial charge on any atom is 0.0790 e. The molecule has 18 heavy (non-hydrogen) atoms. The van der Waals surface area contributed by atoms with Crippen molar-refractivity contribution < 1.29 is 5.11 Å². The Kier molecular flexibility index (Phi) is 4.26. The van der Waals surface area contributed by atoms with E-state index < -0.39 is 6.10 Å². The fourth-order valence-electron chi connectivity index (χ4n) is 1.79. The average Bonchev–Trinajstić information content (AvgIpc) is 2.46. The summed E-state index contributed by atoms with van der Waals surface area (Å²) in [6.07, 6.45) is 4.88. The summed E-state index contributed by atoms with van der Waals surface area (Å²) in [5.41, 5.74) is 1.99. The first-order valence-corrected chi connectivity index (χ1v) is 6.09. The molecule has 2 nitrogen and oxygen atoms in total. The van der Waals surface area contributed by atoms with E-state index in [1.54, 1.807) is 12.3 Å². The fraction of sp³-hybridized carbons (Fsp3) is 0.188. The van der Waals surface area contributed by atoms with Gasteiger partial charge in [0, 0.05) is 12.1 Å². The summed E-state index contributed by atoms with van der Waals surface area (Å²) >= 11 is 0. The number of aromatic nitrogens is 1. The molecule has 2 atom stereocenters. The molecule has 0 radical (unpaired) electrons. The van der Waals surface area contributed by atoms with Crippen molar-refractivity contribution in [1.82, 2.24) is 4.98 Å². The van der Waals surface area contributed by atoms with Gasteiger partial charge in [0.05, 0.1) is 11.8 Å². The van der Waals surface area contributed by atoms with Crippen LogP contribution in [0.5, 0.6) is 0 Å². The van der Waals surface area contributed by atoms with Crippen LogP contribution >= 0.6 is 0 Å². The SMILES string of the molecule is C[C@H](c1ccccc1)[C@H](O)/C=C/c1ccccn1. The molecule has 0 spiro atoms. The minimum atomic E-state index is -0.505. The number of hydrogen-bond donors (Lipinski definition) is 1. The molecule has 0 saturated heterocycles. The molecular weight excluding hydrogens is 222 g/mol. The molecule has 0 aliphatic heterocycles. The number of benzene rings is 1. The van der Waals surface area contributed by atoms with Gasteiger partial charge in [-0.25, -0.2) is 0 Å². The molecule has 1 N–H and O–H groups in total. The van der Waals surface area contributed by atoms with Crippen molar-refractivity contribution in [2.24, 2.45) is 0 Å². The van der Waals surface area contributed by atoms with E-state index >= 15 is 0 Å². The zero-order valence-corrected chi connectivity index (χ0v) is 10.4. The lowest BCUT2D eigenvalue weighted by atomic mass is 9.95. The van der Waals surface area contributed by atoms with Crippen molar-refractivity contribution in [3.8, 4) is 0 Å². The normalized spacial score (nSPS) is 14.6. The second-order valence-electron chi connectivity index (χ2n) is 4.30. The Morgan fingerprint density at radius 1 is 1.06 bits per heavy atom. The highest BCUT2D eigenvalue weighted by Crippen LogP contribution is 2.19. The Labute approximate surface area is 108 Å². The number of hydrogen-bond acceptors (Lipinski definition) is 2. The molecule has 0 unspecified atom stereocenters. The van der Waals surface area contributed by atoms with Gasteiger partial charge < -0.3 is 5.11 Å². The van der Waals surface area contributed by atoms with Gasteiger partial charge in [-0.2, -0.15) is 0 Å². The third-order valence-electron chi connectivity index (χ3n) is 2.99. The third-order valence-corrected chi connectivity index (χ3v) is 2.99. The molecular formula is C16H17NO. The van der Waals surface area contributed by atoms with Gasteiger partial charge in [0.2, 0.25) is 0 Å². The van der Waals surface area contributed by atoms with Gasteiger partial charge in [0.25, 0.3) is 0 Å². The van der Waals surface area contributed by atoms with Gasteiger partial charge in [0.1, 0.15) is 0 Å². The molecule has 0 bridgehead atoms. The van der Waals surface area contributed by atoms with Crippen LogP contribution in [0.3, 0.4) is 0 Å². The highest BCUT2D eigenvalue weighted by molar-refractivity contribution is 5.45. The summed E-state index contributed by atoms with van der Waals surface area (Å²) in [6.45, 7) is 2.02. The van der Waals surface area contributed by atoms with Crippen LogP contribution in [-0.2, 0) is 0 Å². The minimum Gasteiger partial charge on any atom is -0.388 e. The Balaban J connectivity index is 2.04. The molecule has 0 aliphatic carbocycles. The molecule has 0 fully saturated rings. The van der Waals surface area contributed by atoms with Crippen molar-refractivity contribution in [1.29, 1.82) is 0 Å². The van der Waals surface area contributed by atoms with Gasteiger partial charge in [-0.05, 0) is 23.8 Å². The van der Waals surface area contributed by atoms with Crippen LogP contribution < -0.4 is 0 Å². The molecule has 2 heteroatoms. The van der Waals surface area contributed by atoms with Gasteiger partial charge in [-0.15, -0.1) is 0 Å². The van der Waals surface area contributed by atoms with Crippen molar-refractivity contribution in [3.05, 3.63) is 72.1 Å². The largest absolute Gasteiger partial charge is 0.388 e. The summed E-state index contributed by atoms with van der Waals surface area (Å²) in [5.74, 6) is 0.0752. The number of rotatable bonds is 4. The first kappa shape index (κ1) is 12.5. The Bertz CT molecular complexity index is 493. The number of aliphatic hydroxyl groups excluding tert-OH is 1. The van der Waals surface area contributed by atoms with E-state index in [0.717, 1.165) is 11.3 Å². The average molecular weight is 239 g/mol. The number of aliphatic hydroxyl groups is 1. The molecule has 0 saturated carbocycles. The molecule has 1 aromatic carbocycles. The van der Waals surface area contributed by atoms with Gasteiger partial charge in [-0.3, -0.25) is 4.98 Å². The van der Waals surface area contributed by atoms with Crippen molar-refractivity contribution in [3.63, 3.8) is 0 Å². The van der Waals surface area contributed by atoms with Gasteiger partial charge in [-0.1, -0.05) is 49.4 Å². The molecule has 2 aromatic rings. The molecule has 1 aromatic heterocycles. The summed E-state index contributed by atoms with van der Waals surface area (Å²) in [6, 6.07) is 15.7. The summed E-state index contributed by atoms with van der Waals surface area (Å²) in [7, 11) is 0. The minimum absolute atomic E-state index is 0.0752. The van der Waals surface area contributed by atoms with Crippen LogP contribution in [-0.4, -0.2) is 16.2 Å². The molecule has 0 amide bonds. The van der Waals surface area contributed by atoms with E-state index in [-0.39, 0.29) is 5.92 Å². The molecule has 92 valence electrons. The Hall–Kier alpha value is -1.93. The number of nitrogens with zero attached hydrogens (tertiary/aromatic N) is 1. The first-order chi connectivity index (χ1) is 8.77. The van der Waals surface area contributed by atoms with Gasteiger partial charge >= 0.3 is 0 Å². The van der Waals surface area contributed by atoms with Crippen LogP contribution in [0.1, 0.15) is 24.1 Å². The van der Waals surface area contributed by atoms with Crippen LogP contribution in [0.4, 0.5) is 0 Å². The summed E-state index contributed by atoms with van der Waals surface area (Å²) in [5, 5.41) is 10.1. The van der Waals surface area contributed by atoms with Crippen molar-refractivity contribution in [2.75, 3.05) is 0 Å². The second kappa shape index (κ2) is 6.12. The van der Waals surface area contributed by atoms with Crippen LogP contribution in [0.25, 0.3) is 6.08 Å². The van der Waals surface area contributed by atoms with Crippen molar-refractivity contribution in [2.45, 2.75) is 18.9 Å². The lowest BCUT2D eigenvalue weighted by Gasteiger charge is -2.15. The monoisotopic (exact) mass is 239 g/mol. The maximum absolute atomic E-state index is 10.1. The Morgan fingerprint density at radius 3 is 2.44 bits per heavy atom. The van der Waals surface area contributed by atoms with E-state index in [1.165, 1.54) is 0 Å². The first-order valence-electron chi connectivity index (χ1n) is 6.09. The van der Waals surface area contributed by atoms with E-state index in [9.17, 15) is 5.11 Å². The molecule has 0 aliphatic rings. The summed E-state index contributed by atoms with van der Waals surface area (Å²) in [4.78, 5) is 4.18. The van der Waals surface area contributed by atoms with Crippen LogP contribution in [0.15, 0.2) is 60.8 Å². The van der Waals surface area contributed by atoms with E-state index in [1.807, 2.05) is 61.5 Å². The van der Waals surface area contributed by atoms with E-state index in [0.29, 0.717) is 0 Å². The standard InChI is InChI=1S/C16H17NO/c1-13(14-7-3-2-4-8-14)16(18)11-10-15-9-5-6-12-17-15/h2-13,16,18H,1H3/b11-10+/t13-,16-/m1/s1. The third kappa shape index (κ3) is 3.28. The highest BCUT2D eigenvalue weighted by atomic mass is 16.3. The quantitative estimate of drug-likeness (QED) is 0.888. The van der Waals surface area contributed by atoms with Gasteiger partial charge in [0.15, 0.2) is 0 Å². The van der Waals surface area contributed by atoms with Crippen LogP contribution in [0.2, 0.25) is 0 Å². The summed E-state index contributed by atoms with van der Waals surface area (Å²) < 4.78 is 0. The molecule has 1 heterocycles. The predicted molar refractivity (Wildman–Crippen MR) is 74.1 cm³/mol. The number of pyridine rings is 1. The predicted octanol–water partition coefficient (Wildman–Crippen LogP) is 3.26. The Morgan fingerprint density at radius 2 is 1.78 bits per heavy atom. The van der Waals surface area contributed by atoms with E-state index in [4.69, 9.17) is 0 Å². The highest BCUT2D eigenvalue weighted by Gasteiger charge is 2.12. The van der Waals surface area contributed by atoms with Crippen LogP contribution in [0, 0.1) is 0 Å².